The van der Waals surface area contributed by atoms with Crippen LogP contribution in [-0.2, 0) is 22.6 Å². The first-order valence-corrected chi connectivity index (χ1v) is 7.98. The maximum atomic E-state index is 12.4. The van der Waals surface area contributed by atoms with E-state index in [1.54, 1.807) is 6.20 Å². The van der Waals surface area contributed by atoms with Crippen LogP contribution in [0, 0.1) is 0 Å². The highest BCUT2D eigenvalue weighted by Crippen LogP contribution is 2.14. The molecule has 0 bridgehead atoms. The molecule has 0 saturated carbocycles. The van der Waals surface area contributed by atoms with Gasteiger partial charge in [0, 0.05) is 64.5 Å². The SMILES string of the molecule is CCc1nccn1CCC(=O)N1CCN2CCNC(=O)[C@@H]2C1. The van der Waals surface area contributed by atoms with Gasteiger partial charge in [0.1, 0.15) is 11.9 Å². The van der Waals surface area contributed by atoms with Crippen LogP contribution in [0.4, 0.5) is 0 Å². The van der Waals surface area contributed by atoms with E-state index < -0.39 is 0 Å². The summed E-state index contributed by atoms with van der Waals surface area (Å²) in [6, 6.07) is -0.175. The number of nitrogens with one attached hydrogen (secondary N) is 1. The Labute approximate surface area is 130 Å². The first-order valence-electron chi connectivity index (χ1n) is 7.98. The summed E-state index contributed by atoms with van der Waals surface area (Å²) in [5.41, 5.74) is 0. The summed E-state index contributed by atoms with van der Waals surface area (Å²) >= 11 is 0. The van der Waals surface area contributed by atoms with Gasteiger partial charge >= 0.3 is 0 Å². The summed E-state index contributed by atoms with van der Waals surface area (Å²) in [5.74, 6) is 1.17. The third kappa shape index (κ3) is 2.99. The highest BCUT2D eigenvalue weighted by atomic mass is 16.2. The van der Waals surface area contributed by atoms with Crippen molar-refractivity contribution in [2.45, 2.75) is 32.4 Å². The van der Waals surface area contributed by atoms with Gasteiger partial charge in [0.05, 0.1) is 0 Å². The Morgan fingerprint density at radius 2 is 2.27 bits per heavy atom. The lowest BCUT2D eigenvalue weighted by atomic mass is 10.1. The quantitative estimate of drug-likeness (QED) is 0.812. The molecule has 2 aliphatic rings. The van der Waals surface area contributed by atoms with Crippen LogP contribution in [0.2, 0.25) is 0 Å². The number of imidazole rings is 1. The van der Waals surface area contributed by atoms with Crippen molar-refractivity contribution in [3.05, 3.63) is 18.2 Å². The molecule has 0 aliphatic carbocycles. The average molecular weight is 305 g/mol. The molecule has 0 spiro atoms. The average Bonchev–Trinajstić information content (AvgIpc) is 3.00. The molecule has 7 nitrogen and oxygen atoms in total. The molecule has 2 aliphatic heterocycles. The van der Waals surface area contributed by atoms with Crippen LogP contribution in [0.5, 0.6) is 0 Å². The summed E-state index contributed by atoms with van der Waals surface area (Å²) in [5, 5.41) is 2.88. The number of rotatable bonds is 4. The molecule has 2 amide bonds. The number of aryl methyl sites for hydroxylation is 2. The molecule has 2 fully saturated rings. The van der Waals surface area contributed by atoms with Gasteiger partial charge < -0.3 is 14.8 Å². The van der Waals surface area contributed by atoms with E-state index >= 15 is 0 Å². The van der Waals surface area contributed by atoms with E-state index in [2.05, 4.69) is 22.1 Å². The second-order valence-electron chi connectivity index (χ2n) is 5.82. The van der Waals surface area contributed by atoms with E-state index in [9.17, 15) is 9.59 Å². The Morgan fingerprint density at radius 1 is 1.41 bits per heavy atom. The van der Waals surface area contributed by atoms with Crippen LogP contribution in [0.3, 0.4) is 0 Å². The lowest BCUT2D eigenvalue weighted by molar-refractivity contribution is -0.140. The Hall–Kier alpha value is -1.89. The summed E-state index contributed by atoms with van der Waals surface area (Å²) in [6.07, 6.45) is 5.01. The van der Waals surface area contributed by atoms with Crippen molar-refractivity contribution in [2.75, 3.05) is 32.7 Å². The molecule has 1 atom stereocenters. The van der Waals surface area contributed by atoms with Gasteiger partial charge in [0.15, 0.2) is 0 Å². The van der Waals surface area contributed by atoms with Gasteiger partial charge in [-0.05, 0) is 0 Å². The van der Waals surface area contributed by atoms with Crippen LogP contribution in [0.1, 0.15) is 19.2 Å². The van der Waals surface area contributed by atoms with Crippen LogP contribution >= 0.6 is 0 Å². The zero-order valence-corrected chi connectivity index (χ0v) is 13.0. The van der Waals surface area contributed by atoms with E-state index in [0.717, 1.165) is 25.3 Å². The Morgan fingerprint density at radius 3 is 3.09 bits per heavy atom. The standard InChI is InChI=1S/C15H23N5O2/c1-2-13-16-4-8-19(13)6-3-14(21)20-10-9-18-7-5-17-15(22)12(18)11-20/h4,8,12H,2-3,5-7,9-11H2,1H3,(H,17,22)/t12-/m0/s1. The van der Waals surface area contributed by atoms with Crippen molar-refractivity contribution in [3.63, 3.8) is 0 Å². The zero-order chi connectivity index (χ0) is 15.5. The highest BCUT2D eigenvalue weighted by Gasteiger charge is 2.35. The van der Waals surface area contributed by atoms with Crippen LogP contribution in [0.25, 0.3) is 0 Å². The fourth-order valence-electron chi connectivity index (χ4n) is 3.24. The molecule has 7 heteroatoms. The van der Waals surface area contributed by atoms with Gasteiger partial charge in [-0.2, -0.15) is 0 Å². The van der Waals surface area contributed by atoms with E-state index in [1.165, 1.54) is 0 Å². The van der Waals surface area contributed by atoms with Gasteiger partial charge in [-0.1, -0.05) is 6.92 Å². The molecule has 0 aromatic carbocycles. The fraction of sp³-hybridized carbons (Fsp3) is 0.667. The first-order chi connectivity index (χ1) is 10.7. The predicted molar refractivity (Wildman–Crippen MR) is 81.2 cm³/mol. The molecular weight excluding hydrogens is 282 g/mol. The molecule has 3 rings (SSSR count). The number of piperazine rings is 2. The number of amides is 2. The topological polar surface area (TPSA) is 70.5 Å². The van der Waals surface area contributed by atoms with Crippen LogP contribution < -0.4 is 5.32 Å². The second-order valence-corrected chi connectivity index (χ2v) is 5.82. The van der Waals surface area contributed by atoms with Crippen molar-refractivity contribution >= 4 is 11.8 Å². The maximum Gasteiger partial charge on any atom is 0.239 e. The summed E-state index contributed by atoms with van der Waals surface area (Å²) in [6.45, 7) is 6.31. The fourth-order valence-corrected chi connectivity index (χ4v) is 3.24. The molecular formula is C15H23N5O2. The van der Waals surface area contributed by atoms with Gasteiger partial charge in [-0.3, -0.25) is 14.5 Å². The normalized spacial score (nSPS) is 22.3. The van der Waals surface area contributed by atoms with E-state index in [-0.39, 0.29) is 17.9 Å². The molecule has 1 aromatic rings. The molecule has 1 N–H and O–H groups in total. The zero-order valence-electron chi connectivity index (χ0n) is 13.0. The van der Waals surface area contributed by atoms with Gasteiger partial charge in [-0.25, -0.2) is 4.98 Å². The van der Waals surface area contributed by atoms with Crippen molar-refractivity contribution in [1.82, 2.24) is 24.7 Å². The first kappa shape index (κ1) is 15.0. The smallest absolute Gasteiger partial charge is 0.239 e. The van der Waals surface area contributed by atoms with Crippen LogP contribution in [0.15, 0.2) is 12.4 Å². The van der Waals surface area contributed by atoms with Gasteiger partial charge in [0.2, 0.25) is 11.8 Å². The number of hydrogen-bond acceptors (Lipinski definition) is 4. The lowest BCUT2D eigenvalue weighted by Gasteiger charge is -2.43. The third-order valence-electron chi connectivity index (χ3n) is 4.53. The molecule has 22 heavy (non-hydrogen) atoms. The number of carbonyl (C=O) groups excluding carboxylic acids is 2. The second kappa shape index (κ2) is 6.48. The highest BCUT2D eigenvalue weighted by molar-refractivity contribution is 5.84. The number of hydrogen-bond donors (Lipinski definition) is 1. The van der Waals surface area contributed by atoms with Crippen molar-refractivity contribution < 1.29 is 9.59 Å². The predicted octanol–water partition coefficient (Wildman–Crippen LogP) is -0.522. The van der Waals surface area contributed by atoms with Gasteiger partial charge in [-0.15, -0.1) is 0 Å². The minimum Gasteiger partial charge on any atom is -0.353 e. The Bertz CT molecular complexity index is 556. The number of carbonyl (C=O) groups is 2. The molecule has 3 heterocycles. The Balaban J connectivity index is 1.55. The largest absolute Gasteiger partial charge is 0.353 e. The van der Waals surface area contributed by atoms with E-state index in [0.29, 0.717) is 32.6 Å². The number of aromatic nitrogens is 2. The summed E-state index contributed by atoms with van der Waals surface area (Å²) in [4.78, 5) is 32.6. The Kier molecular flexibility index (Phi) is 4.42. The van der Waals surface area contributed by atoms with E-state index in [4.69, 9.17) is 0 Å². The van der Waals surface area contributed by atoms with Crippen LogP contribution in [-0.4, -0.2) is 69.9 Å². The molecule has 2 saturated heterocycles. The third-order valence-corrected chi connectivity index (χ3v) is 4.53. The maximum absolute atomic E-state index is 12.4. The van der Waals surface area contributed by atoms with E-state index in [1.807, 2.05) is 15.7 Å². The number of nitrogens with zero attached hydrogens (tertiary/aromatic N) is 4. The minimum absolute atomic E-state index is 0.0478. The summed E-state index contributed by atoms with van der Waals surface area (Å²) < 4.78 is 2.03. The monoisotopic (exact) mass is 305 g/mol. The molecule has 1 aromatic heterocycles. The molecule has 0 radical (unpaired) electrons. The summed E-state index contributed by atoms with van der Waals surface area (Å²) in [7, 11) is 0. The van der Waals surface area contributed by atoms with Crippen molar-refractivity contribution in [2.24, 2.45) is 0 Å². The minimum atomic E-state index is -0.175. The number of fused-ring (bicyclic) bond motifs is 1. The van der Waals surface area contributed by atoms with Crippen molar-refractivity contribution in [1.29, 1.82) is 0 Å². The molecule has 0 unspecified atom stereocenters. The van der Waals surface area contributed by atoms with Gasteiger partial charge in [0.25, 0.3) is 0 Å². The molecule has 120 valence electrons. The lowest BCUT2D eigenvalue weighted by Crippen LogP contribution is -2.64. The van der Waals surface area contributed by atoms with Crippen molar-refractivity contribution in [3.8, 4) is 0 Å².